The fourth-order valence-corrected chi connectivity index (χ4v) is 4.17. The molecule has 5 heteroatoms. The third-order valence-corrected chi connectivity index (χ3v) is 5.42. The fraction of sp³-hybridized carbons (Fsp3) is 0.556. The zero-order valence-electron chi connectivity index (χ0n) is 13.2. The number of hydrogen-bond donors (Lipinski definition) is 1. The lowest BCUT2D eigenvalue weighted by Gasteiger charge is -2.47. The van der Waals surface area contributed by atoms with E-state index >= 15 is 0 Å². The van der Waals surface area contributed by atoms with Crippen molar-refractivity contribution in [2.45, 2.75) is 50.2 Å². The number of ether oxygens (including phenoxy) is 1. The van der Waals surface area contributed by atoms with E-state index in [1.165, 1.54) is 0 Å². The van der Waals surface area contributed by atoms with E-state index in [0.29, 0.717) is 18.6 Å². The molecule has 0 unspecified atom stereocenters. The molecule has 2 aliphatic heterocycles. The summed E-state index contributed by atoms with van der Waals surface area (Å²) >= 11 is 0. The molecule has 1 saturated carbocycles. The van der Waals surface area contributed by atoms with Gasteiger partial charge in [0.15, 0.2) is 0 Å². The Labute approximate surface area is 136 Å². The average Bonchev–Trinajstić information content (AvgIpc) is 2.57. The maximum absolute atomic E-state index is 12.8. The molecule has 1 aromatic rings. The smallest absolute Gasteiger partial charge is 0.415 e. The molecule has 2 heterocycles. The van der Waals surface area contributed by atoms with Crippen LogP contribution in [0.5, 0.6) is 0 Å². The van der Waals surface area contributed by atoms with Crippen molar-refractivity contribution in [3.8, 4) is 0 Å². The van der Waals surface area contributed by atoms with E-state index in [2.05, 4.69) is 11.4 Å². The standard InChI is InChI=1S/C18H22N2O3/c21-14-7-5-13(6-8-14)20-16-4-2-1-3-15(16)18(23-17(20)22)9-11-19-12-10-18/h1-4,13,19H,5-12H2. The van der Waals surface area contributed by atoms with Crippen molar-refractivity contribution in [1.82, 2.24) is 5.32 Å². The van der Waals surface area contributed by atoms with Crippen LogP contribution in [0.4, 0.5) is 10.5 Å². The third kappa shape index (κ3) is 2.43. The van der Waals surface area contributed by atoms with E-state index in [9.17, 15) is 9.59 Å². The first-order chi connectivity index (χ1) is 11.2. The highest BCUT2D eigenvalue weighted by atomic mass is 16.6. The maximum atomic E-state index is 12.8. The third-order valence-electron chi connectivity index (χ3n) is 5.42. The average molecular weight is 314 g/mol. The first-order valence-electron chi connectivity index (χ1n) is 8.54. The van der Waals surface area contributed by atoms with Gasteiger partial charge in [-0.2, -0.15) is 0 Å². The van der Waals surface area contributed by atoms with E-state index < -0.39 is 5.60 Å². The second kappa shape index (κ2) is 5.64. The van der Waals surface area contributed by atoms with Gasteiger partial charge in [-0.25, -0.2) is 4.79 Å². The molecular weight excluding hydrogens is 292 g/mol. The van der Waals surface area contributed by atoms with Gasteiger partial charge in [-0.1, -0.05) is 18.2 Å². The normalized spacial score (nSPS) is 24.4. The van der Waals surface area contributed by atoms with E-state index in [1.54, 1.807) is 4.90 Å². The Morgan fingerprint density at radius 3 is 2.52 bits per heavy atom. The number of para-hydroxylation sites is 1. The topological polar surface area (TPSA) is 58.6 Å². The van der Waals surface area contributed by atoms with Gasteiger partial charge in [-0.3, -0.25) is 9.69 Å². The van der Waals surface area contributed by atoms with E-state index in [-0.39, 0.29) is 12.1 Å². The van der Waals surface area contributed by atoms with Gasteiger partial charge < -0.3 is 10.1 Å². The molecule has 1 spiro atoms. The van der Waals surface area contributed by atoms with E-state index in [4.69, 9.17) is 4.74 Å². The number of nitrogens with one attached hydrogen (secondary N) is 1. The second-order valence-electron chi connectivity index (χ2n) is 6.77. The lowest BCUT2D eigenvalue weighted by Crippen LogP contribution is -2.53. The number of carbonyl (C=O) groups excluding carboxylic acids is 2. The summed E-state index contributed by atoms with van der Waals surface area (Å²) < 4.78 is 6.00. The van der Waals surface area contributed by atoms with Crippen LogP contribution >= 0.6 is 0 Å². The van der Waals surface area contributed by atoms with Crippen LogP contribution in [0.1, 0.15) is 44.1 Å². The number of Topliss-reactive ketones (excluding diaryl/α,β-unsaturated/α-hetero) is 1. The lowest BCUT2D eigenvalue weighted by molar-refractivity contribution is -0.120. The number of carbonyl (C=O) groups is 2. The van der Waals surface area contributed by atoms with Crippen molar-refractivity contribution < 1.29 is 14.3 Å². The van der Waals surface area contributed by atoms with Crippen LogP contribution in [-0.4, -0.2) is 31.0 Å². The number of fused-ring (bicyclic) bond motifs is 2. The van der Waals surface area contributed by atoms with Crippen LogP contribution in [0, 0.1) is 0 Å². The molecule has 1 N–H and O–H groups in total. The summed E-state index contributed by atoms with van der Waals surface area (Å²) in [7, 11) is 0. The molecular formula is C18H22N2O3. The Kier molecular flexibility index (Phi) is 3.60. The van der Waals surface area contributed by atoms with Crippen LogP contribution in [-0.2, 0) is 15.1 Å². The van der Waals surface area contributed by atoms with Gasteiger partial charge >= 0.3 is 6.09 Å². The summed E-state index contributed by atoms with van der Waals surface area (Å²) in [6.07, 6.45) is 3.97. The molecule has 3 aliphatic rings. The molecule has 23 heavy (non-hydrogen) atoms. The Hall–Kier alpha value is -1.88. The van der Waals surface area contributed by atoms with Crippen LogP contribution in [0.3, 0.4) is 0 Å². The zero-order chi connectivity index (χ0) is 15.9. The van der Waals surface area contributed by atoms with E-state index in [1.807, 2.05) is 18.2 Å². The Morgan fingerprint density at radius 2 is 1.78 bits per heavy atom. The molecule has 1 aliphatic carbocycles. The lowest BCUT2D eigenvalue weighted by atomic mass is 9.81. The number of benzene rings is 1. The van der Waals surface area contributed by atoms with Crippen LogP contribution < -0.4 is 10.2 Å². The maximum Gasteiger partial charge on any atom is 0.415 e. The quantitative estimate of drug-likeness (QED) is 0.866. The van der Waals surface area contributed by atoms with Gasteiger partial charge in [-0.15, -0.1) is 0 Å². The minimum atomic E-state index is -0.486. The molecule has 122 valence electrons. The van der Waals surface area contributed by atoms with Crippen LogP contribution in [0.25, 0.3) is 0 Å². The van der Waals surface area contributed by atoms with Crippen molar-refractivity contribution in [3.63, 3.8) is 0 Å². The Balaban J connectivity index is 1.72. The highest BCUT2D eigenvalue weighted by molar-refractivity contribution is 5.93. The van der Waals surface area contributed by atoms with Gasteiger partial charge in [-0.05, 0) is 32.0 Å². The number of amides is 1. The van der Waals surface area contributed by atoms with Crippen molar-refractivity contribution in [1.29, 1.82) is 0 Å². The number of anilines is 1. The first kappa shape index (κ1) is 14.7. The summed E-state index contributed by atoms with van der Waals surface area (Å²) in [5, 5.41) is 3.34. The minimum absolute atomic E-state index is 0.0698. The largest absolute Gasteiger partial charge is 0.437 e. The number of hydrogen-bond acceptors (Lipinski definition) is 4. The van der Waals surface area contributed by atoms with Crippen LogP contribution in [0.2, 0.25) is 0 Å². The number of ketones is 1. The predicted octanol–water partition coefficient (Wildman–Crippen LogP) is 2.73. The summed E-state index contributed by atoms with van der Waals surface area (Å²) in [5.74, 6) is 0.301. The molecule has 2 fully saturated rings. The van der Waals surface area contributed by atoms with Gasteiger partial charge in [0, 0.05) is 37.3 Å². The molecule has 5 nitrogen and oxygen atoms in total. The summed E-state index contributed by atoms with van der Waals surface area (Å²) in [5.41, 5.74) is 1.61. The van der Waals surface area contributed by atoms with Crippen molar-refractivity contribution >= 4 is 17.6 Å². The van der Waals surface area contributed by atoms with Crippen molar-refractivity contribution in [2.24, 2.45) is 0 Å². The highest BCUT2D eigenvalue weighted by Crippen LogP contribution is 2.45. The minimum Gasteiger partial charge on any atom is -0.437 e. The molecule has 0 bridgehead atoms. The molecule has 1 aromatic carbocycles. The number of nitrogens with zero attached hydrogens (tertiary/aromatic N) is 1. The molecule has 0 atom stereocenters. The molecule has 1 amide bonds. The fourth-order valence-electron chi connectivity index (χ4n) is 4.17. The van der Waals surface area contributed by atoms with Crippen molar-refractivity contribution in [2.75, 3.05) is 18.0 Å². The summed E-state index contributed by atoms with van der Waals surface area (Å²) in [6, 6.07) is 8.18. The molecule has 1 saturated heterocycles. The van der Waals surface area contributed by atoms with Gasteiger partial charge in [0.2, 0.25) is 0 Å². The Morgan fingerprint density at radius 1 is 1.09 bits per heavy atom. The van der Waals surface area contributed by atoms with Gasteiger partial charge in [0.05, 0.1) is 5.69 Å². The monoisotopic (exact) mass is 314 g/mol. The molecule has 0 radical (unpaired) electrons. The van der Waals surface area contributed by atoms with E-state index in [0.717, 1.165) is 50.0 Å². The Bertz CT molecular complexity index is 627. The highest BCUT2D eigenvalue weighted by Gasteiger charge is 2.47. The number of rotatable bonds is 1. The predicted molar refractivity (Wildman–Crippen MR) is 86.4 cm³/mol. The zero-order valence-corrected chi connectivity index (χ0v) is 13.2. The van der Waals surface area contributed by atoms with Gasteiger partial charge in [0.1, 0.15) is 11.4 Å². The summed E-state index contributed by atoms with van der Waals surface area (Å²) in [6.45, 7) is 1.72. The molecule has 4 rings (SSSR count). The summed E-state index contributed by atoms with van der Waals surface area (Å²) in [4.78, 5) is 26.1. The first-order valence-corrected chi connectivity index (χ1v) is 8.54. The second-order valence-corrected chi connectivity index (χ2v) is 6.77. The van der Waals surface area contributed by atoms with Crippen LogP contribution in [0.15, 0.2) is 24.3 Å². The SMILES string of the molecule is O=C1CCC(N2C(=O)OC3(CCNCC3)c3ccccc32)CC1. The molecule has 0 aromatic heterocycles. The van der Waals surface area contributed by atoms with Crippen molar-refractivity contribution in [3.05, 3.63) is 29.8 Å². The van der Waals surface area contributed by atoms with Gasteiger partial charge in [0.25, 0.3) is 0 Å². The number of piperidine rings is 1.